The number of pyridine rings is 1. The van der Waals surface area contributed by atoms with Crippen LogP contribution < -0.4 is 0 Å². The number of carbonyl (C=O) groups excluding carboxylic acids is 1. The second-order valence-electron chi connectivity index (χ2n) is 3.09. The van der Waals surface area contributed by atoms with E-state index in [1.807, 2.05) is 22.6 Å². The van der Waals surface area contributed by atoms with Crippen LogP contribution in [-0.4, -0.2) is 17.6 Å². The van der Waals surface area contributed by atoms with Gasteiger partial charge in [0.2, 0.25) is 0 Å². The van der Waals surface area contributed by atoms with Crippen LogP contribution >= 0.6 is 38.5 Å². The topological polar surface area (TPSA) is 39.2 Å². The van der Waals surface area contributed by atoms with Crippen molar-refractivity contribution < 1.29 is 18.3 Å². The molecule has 0 atom stereocenters. The Labute approximate surface area is 119 Å². The van der Waals surface area contributed by atoms with Crippen molar-refractivity contribution in [1.82, 2.24) is 4.98 Å². The minimum absolute atomic E-state index is 0.0489. The molecule has 0 amide bonds. The molecule has 1 aromatic rings. The molecule has 0 saturated carbocycles. The molecule has 0 spiro atoms. The molecule has 0 unspecified atom stereocenters. The lowest BCUT2D eigenvalue weighted by Gasteiger charge is -2.09. The molecule has 1 heterocycles. The van der Waals surface area contributed by atoms with Gasteiger partial charge in [-0.3, -0.25) is 4.79 Å². The number of hydrogen-bond acceptors (Lipinski definition) is 3. The first kappa shape index (κ1) is 14.7. The summed E-state index contributed by atoms with van der Waals surface area (Å²) in [5.41, 5.74) is 0.106. The van der Waals surface area contributed by atoms with Gasteiger partial charge in [0.15, 0.2) is 0 Å². The van der Waals surface area contributed by atoms with Crippen LogP contribution in [0.2, 0.25) is 0 Å². The van der Waals surface area contributed by atoms with Gasteiger partial charge >= 0.3 is 5.97 Å². The van der Waals surface area contributed by atoms with Gasteiger partial charge in [-0.05, 0) is 57.1 Å². The lowest BCUT2D eigenvalue weighted by atomic mass is 10.1. The maximum atomic E-state index is 12.7. The fraction of sp³-hybridized carbons (Fsp3) is 0.400. The smallest absolute Gasteiger partial charge is 0.310 e. The second-order valence-corrected chi connectivity index (χ2v) is 4.98. The summed E-state index contributed by atoms with van der Waals surface area (Å²) in [6.45, 7) is 1.95. The van der Waals surface area contributed by atoms with Crippen molar-refractivity contribution in [3.8, 4) is 0 Å². The fourth-order valence-corrected chi connectivity index (χ4v) is 2.36. The van der Waals surface area contributed by atoms with Crippen molar-refractivity contribution >= 4 is 44.5 Å². The Hall–Kier alpha value is -0.310. The summed E-state index contributed by atoms with van der Waals surface area (Å²) in [4.78, 5) is 15.0. The molecule has 0 saturated heterocycles. The zero-order valence-electron chi connectivity index (χ0n) is 8.84. The quantitative estimate of drug-likeness (QED) is 0.426. The summed E-state index contributed by atoms with van der Waals surface area (Å²) in [7, 11) is 0. The molecule has 0 aliphatic heterocycles. The van der Waals surface area contributed by atoms with Crippen molar-refractivity contribution in [3.05, 3.63) is 25.5 Å². The summed E-state index contributed by atoms with van der Waals surface area (Å²) in [5, 5.41) is 0. The van der Waals surface area contributed by atoms with Crippen LogP contribution in [0.5, 0.6) is 0 Å². The number of rotatable bonds is 4. The second kappa shape index (κ2) is 6.58. The molecular weight excluding hydrogens is 411 g/mol. The minimum Gasteiger partial charge on any atom is -0.466 e. The Balaban J connectivity index is 3.03. The maximum Gasteiger partial charge on any atom is 0.310 e. The Morgan fingerprint density at radius 1 is 1.65 bits per heavy atom. The molecule has 0 N–H and O–H groups in total. The van der Waals surface area contributed by atoms with Crippen molar-refractivity contribution in [1.29, 1.82) is 0 Å². The van der Waals surface area contributed by atoms with E-state index < -0.39 is 12.4 Å². The average Bonchev–Trinajstić information content (AvgIpc) is 2.22. The fourth-order valence-electron chi connectivity index (χ4n) is 1.21. The first-order valence-corrected chi connectivity index (χ1v) is 6.61. The Bertz CT molecular complexity index is 429. The lowest BCUT2D eigenvalue weighted by Crippen LogP contribution is -2.10. The van der Waals surface area contributed by atoms with E-state index in [1.54, 1.807) is 13.0 Å². The summed E-state index contributed by atoms with van der Waals surface area (Å²) < 4.78 is 30.7. The van der Waals surface area contributed by atoms with Crippen LogP contribution in [0.4, 0.5) is 8.78 Å². The van der Waals surface area contributed by atoms with Crippen LogP contribution in [0.3, 0.4) is 0 Å². The van der Waals surface area contributed by atoms with E-state index in [0.717, 1.165) is 0 Å². The van der Waals surface area contributed by atoms with Crippen molar-refractivity contribution in [3.63, 3.8) is 0 Å². The van der Waals surface area contributed by atoms with Gasteiger partial charge in [0.05, 0.1) is 13.0 Å². The summed E-state index contributed by atoms with van der Waals surface area (Å²) in [5.74, 6) is -0.449. The standard InChI is InChI=1S/C10H9BrF2INO2/c1-2-17-7(16)4-5-3-6(14)15-9(8(5)11)10(12)13/h3,10H,2,4H2,1H3. The highest BCUT2D eigenvalue weighted by Crippen LogP contribution is 2.30. The van der Waals surface area contributed by atoms with Gasteiger partial charge in [-0.25, -0.2) is 13.8 Å². The highest BCUT2D eigenvalue weighted by molar-refractivity contribution is 14.1. The molecule has 17 heavy (non-hydrogen) atoms. The molecule has 0 radical (unpaired) electrons. The van der Waals surface area contributed by atoms with Crippen LogP contribution in [0, 0.1) is 3.70 Å². The molecule has 7 heteroatoms. The highest BCUT2D eigenvalue weighted by atomic mass is 127. The first-order valence-electron chi connectivity index (χ1n) is 4.74. The monoisotopic (exact) mass is 419 g/mol. The average molecular weight is 420 g/mol. The normalized spacial score (nSPS) is 10.7. The number of alkyl halides is 2. The third-order valence-corrected chi connectivity index (χ3v) is 3.34. The minimum atomic E-state index is -2.68. The number of ether oxygens (including phenoxy) is 1. The van der Waals surface area contributed by atoms with Gasteiger partial charge in [0, 0.05) is 4.47 Å². The molecule has 0 fully saturated rings. The van der Waals surface area contributed by atoms with E-state index in [2.05, 4.69) is 20.9 Å². The number of hydrogen-bond donors (Lipinski definition) is 0. The number of nitrogens with zero attached hydrogens (tertiary/aromatic N) is 1. The van der Waals surface area contributed by atoms with E-state index in [9.17, 15) is 13.6 Å². The molecule has 0 aliphatic carbocycles. The van der Waals surface area contributed by atoms with E-state index in [4.69, 9.17) is 4.74 Å². The first-order chi connectivity index (χ1) is 7.95. The van der Waals surface area contributed by atoms with Crippen LogP contribution in [0.15, 0.2) is 10.5 Å². The Morgan fingerprint density at radius 2 is 2.29 bits per heavy atom. The van der Waals surface area contributed by atoms with Crippen LogP contribution in [-0.2, 0) is 16.0 Å². The number of aromatic nitrogens is 1. The zero-order chi connectivity index (χ0) is 13.0. The number of esters is 1. The third kappa shape index (κ3) is 4.13. The predicted octanol–water partition coefficient (Wildman–Crippen LogP) is 3.49. The zero-order valence-corrected chi connectivity index (χ0v) is 12.6. The SMILES string of the molecule is CCOC(=O)Cc1cc(I)nc(C(F)F)c1Br. The van der Waals surface area contributed by atoms with Gasteiger partial charge in [-0.15, -0.1) is 0 Å². The highest BCUT2D eigenvalue weighted by Gasteiger charge is 2.19. The molecule has 0 bridgehead atoms. The molecule has 0 aliphatic rings. The van der Waals surface area contributed by atoms with E-state index >= 15 is 0 Å². The molecule has 0 aromatic carbocycles. The van der Waals surface area contributed by atoms with Crippen LogP contribution in [0.1, 0.15) is 24.6 Å². The molecule has 94 valence electrons. The van der Waals surface area contributed by atoms with E-state index in [1.165, 1.54) is 0 Å². The number of halogens is 4. The van der Waals surface area contributed by atoms with Crippen molar-refractivity contribution in [2.75, 3.05) is 6.61 Å². The van der Waals surface area contributed by atoms with Gasteiger partial charge in [0.1, 0.15) is 9.39 Å². The lowest BCUT2D eigenvalue weighted by molar-refractivity contribution is -0.142. The molecule has 1 rings (SSSR count). The summed E-state index contributed by atoms with van der Waals surface area (Å²) in [6, 6.07) is 1.58. The maximum absolute atomic E-state index is 12.7. The molecular formula is C10H9BrF2INO2. The third-order valence-electron chi connectivity index (χ3n) is 1.87. The van der Waals surface area contributed by atoms with E-state index in [0.29, 0.717) is 9.26 Å². The molecule has 1 aromatic heterocycles. The van der Waals surface area contributed by atoms with Gasteiger partial charge in [0.25, 0.3) is 6.43 Å². The largest absolute Gasteiger partial charge is 0.466 e. The van der Waals surface area contributed by atoms with Crippen molar-refractivity contribution in [2.45, 2.75) is 19.8 Å². The van der Waals surface area contributed by atoms with Gasteiger partial charge in [-0.2, -0.15) is 0 Å². The Kier molecular flexibility index (Phi) is 5.71. The number of carbonyl (C=O) groups is 1. The van der Waals surface area contributed by atoms with Crippen molar-refractivity contribution in [2.24, 2.45) is 0 Å². The van der Waals surface area contributed by atoms with E-state index in [-0.39, 0.29) is 23.2 Å². The molecule has 3 nitrogen and oxygen atoms in total. The van der Waals surface area contributed by atoms with Gasteiger partial charge in [-0.1, -0.05) is 0 Å². The van der Waals surface area contributed by atoms with Crippen LogP contribution in [0.25, 0.3) is 0 Å². The Morgan fingerprint density at radius 3 is 2.82 bits per heavy atom. The summed E-state index contributed by atoms with van der Waals surface area (Å²) in [6.07, 6.45) is -2.73. The van der Waals surface area contributed by atoms with Gasteiger partial charge < -0.3 is 4.74 Å². The predicted molar refractivity (Wildman–Crippen MR) is 69.9 cm³/mol. The summed E-state index contributed by atoms with van der Waals surface area (Å²) >= 11 is 4.87.